The second-order valence-corrected chi connectivity index (χ2v) is 7.93. The third-order valence-electron chi connectivity index (χ3n) is 3.61. The van der Waals surface area contributed by atoms with Crippen molar-refractivity contribution in [3.05, 3.63) is 24.3 Å². The molecule has 21 heavy (non-hydrogen) atoms. The highest BCUT2D eigenvalue weighted by atomic mass is 32.2. The first kappa shape index (κ1) is 16.3. The van der Waals surface area contributed by atoms with Gasteiger partial charge in [-0.15, -0.1) is 0 Å². The first-order valence-electron chi connectivity index (χ1n) is 7.73. The molecule has 0 N–H and O–H groups in total. The lowest BCUT2D eigenvalue weighted by Crippen LogP contribution is -2.31. The second kappa shape index (κ2) is 7.27. The van der Waals surface area contributed by atoms with E-state index in [1.165, 1.54) is 0 Å². The van der Waals surface area contributed by atoms with E-state index in [1.807, 2.05) is 0 Å². The third-order valence-corrected chi connectivity index (χ3v) is 5.52. The van der Waals surface area contributed by atoms with Gasteiger partial charge in [0.25, 0.3) is 0 Å². The molecule has 1 aliphatic heterocycles. The van der Waals surface area contributed by atoms with Crippen LogP contribution in [-0.2, 0) is 10.0 Å². The quantitative estimate of drug-likeness (QED) is 0.838. The summed E-state index contributed by atoms with van der Waals surface area (Å²) in [6.45, 7) is 6.07. The van der Waals surface area contributed by atoms with E-state index in [-0.39, 0.29) is 0 Å². The number of hydrogen-bond acceptors (Lipinski definition) is 3. The van der Waals surface area contributed by atoms with Crippen molar-refractivity contribution < 1.29 is 13.2 Å². The SMILES string of the molecule is CC(C)COc1ccc(S(=O)(=O)N2CCCCCC2)cc1. The molecule has 5 heteroatoms. The van der Waals surface area contributed by atoms with Gasteiger partial charge in [0.2, 0.25) is 10.0 Å². The van der Waals surface area contributed by atoms with Gasteiger partial charge in [-0.1, -0.05) is 26.7 Å². The highest BCUT2D eigenvalue weighted by Gasteiger charge is 2.24. The monoisotopic (exact) mass is 311 g/mol. The molecule has 0 aliphatic carbocycles. The van der Waals surface area contributed by atoms with Gasteiger partial charge >= 0.3 is 0 Å². The summed E-state index contributed by atoms with van der Waals surface area (Å²) in [6, 6.07) is 6.78. The first-order chi connectivity index (χ1) is 10.00. The van der Waals surface area contributed by atoms with Gasteiger partial charge in [-0.05, 0) is 43.0 Å². The lowest BCUT2D eigenvalue weighted by molar-refractivity contribution is 0.271. The van der Waals surface area contributed by atoms with Gasteiger partial charge in [0.15, 0.2) is 0 Å². The summed E-state index contributed by atoms with van der Waals surface area (Å²) in [4.78, 5) is 0.362. The summed E-state index contributed by atoms with van der Waals surface area (Å²) >= 11 is 0. The zero-order valence-electron chi connectivity index (χ0n) is 12.9. The molecule has 1 heterocycles. The van der Waals surface area contributed by atoms with Crippen LogP contribution in [0.15, 0.2) is 29.2 Å². The maximum Gasteiger partial charge on any atom is 0.243 e. The molecule has 0 bridgehead atoms. The fourth-order valence-electron chi connectivity index (χ4n) is 2.40. The highest BCUT2D eigenvalue weighted by molar-refractivity contribution is 7.89. The predicted octanol–water partition coefficient (Wildman–Crippen LogP) is 3.29. The molecule has 0 atom stereocenters. The minimum atomic E-state index is -3.36. The minimum absolute atomic E-state index is 0.362. The molecule has 1 aliphatic rings. The Balaban J connectivity index is 2.09. The van der Waals surface area contributed by atoms with Crippen molar-refractivity contribution in [2.75, 3.05) is 19.7 Å². The lowest BCUT2D eigenvalue weighted by Gasteiger charge is -2.20. The van der Waals surface area contributed by atoms with E-state index in [2.05, 4.69) is 13.8 Å². The van der Waals surface area contributed by atoms with Crippen LogP contribution >= 0.6 is 0 Å². The van der Waals surface area contributed by atoms with E-state index < -0.39 is 10.0 Å². The van der Waals surface area contributed by atoms with Crippen LogP contribution in [0, 0.1) is 5.92 Å². The van der Waals surface area contributed by atoms with Crippen molar-refractivity contribution >= 4 is 10.0 Å². The first-order valence-corrected chi connectivity index (χ1v) is 9.17. The van der Waals surface area contributed by atoms with Crippen LogP contribution in [0.25, 0.3) is 0 Å². The van der Waals surface area contributed by atoms with Crippen LogP contribution in [0.2, 0.25) is 0 Å². The standard InChI is InChI=1S/C16H25NO3S/c1-14(2)13-20-15-7-9-16(10-8-15)21(18,19)17-11-5-3-4-6-12-17/h7-10,14H,3-6,11-13H2,1-2H3. The van der Waals surface area contributed by atoms with Crippen LogP contribution in [0.3, 0.4) is 0 Å². The van der Waals surface area contributed by atoms with Crippen LogP contribution in [0.4, 0.5) is 0 Å². The largest absolute Gasteiger partial charge is 0.493 e. The van der Waals surface area contributed by atoms with E-state index in [9.17, 15) is 8.42 Å². The molecular formula is C16H25NO3S. The molecule has 1 aromatic carbocycles. The Morgan fingerprint density at radius 2 is 1.62 bits per heavy atom. The van der Waals surface area contributed by atoms with E-state index in [0.29, 0.717) is 30.5 Å². The lowest BCUT2D eigenvalue weighted by atomic mass is 10.2. The molecule has 4 nitrogen and oxygen atoms in total. The zero-order chi connectivity index (χ0) is 15.3. The maximum absolute atomic E-state index is 12.6. The molecule has 0 aromatic heterocycles. The van der Waals surface area contributed by atoms with Crippen molar-refractivity contribution in [3.8, 4) is 5.75 Å². The maximum atomic E-state index is 12.6. The predicted molar refractivity (Wildman–Crippen MR) is 84.0 cm³/mol. The number of hydrogen-bond donors (Lipinski definition) is 0. The zero-order valence-corrected chi connectivity index (χ0v) is 13.7. The molecule has 118 valence electrons. The normalized spacial score (nSPS) is 17.7. The van der Waals surface area contributed by atoms with Gasteiger partial charge in [0.05, 0.1) is 11.5 Å². The smallest absolute Gasteiger partial charge is 0.243 e. The molecule has 2 rings (SSSR count). The molecule has 0 radical (unpaired) electrons. The average molecular weight is 311 g/mol. The van der Waals surface area contributed by atoms with E-state index in [4.69, 9.17) is 4.74 Å². The van der Waals surface area contributed by atoms with Crippen LogP contribution in [0.5, 0.6) is 5.75 Å². The summed E-state index contributed by atoms with van der Waals surface area (Å²) < 4.78 is 32.4. The van der Waals surface area contributed by atoms with Gasteiger partial charge in [-0.2, -0.15) is 4.31 Å². The van der Waals surface area contributed by atoms with Crippen LogP contribution < -0.4 is 4.74 Å². The molecular weight excluding hydrogens is 286 g/mol. The molecule has 0 unspecified atom stereocenters. The van der Waals surface area contributed by atoms with Crippen molar-refractivity contribution in [2.45, 2.75) is 44.4 Å². The highest BCUT2D eigenvalue weighted by Crippen LogP contribution is 2.22. The third kappa shape index (κ3) is 4.45. The Morgan fingerprint density at radius 3 is 2.14 bits per heavy atom. The molecule has 0 saturated carbocycles. The minimum Gasteiger partial charge on any atom is -0.493 e. The molecule has 1 fully saturated rings. The molecule has 1 saturated heterocycles. The van der Waals surface area contributed by atoms with Gasteiger partial charge in [0.1, 0.15) is 5.75 Å². The van der Waals surface area contributed by atoms with Crippen molar-refractivity contribution in [1.29, 1.82) is 0 Å². The Labute approximate surface area is 128 Å². The Kier molecular flexibility index (Phi) is 5.65. The van der Waals surface area contributed by atoms with Crippen molar-refractivity contribution in [2.24, 2.45) is 5.92 Å². The van der Waals surface area contributed by atoms with Gasteiger partial charge < -0.3 is 4.74 Å². The summed E-state index contributed by atoms with van der Waals surface area (Å²) in [7, 11) is -3.36. The Bertz CT molecular complexity index is 529. The van der Waals surface area contributed by atoms with E-state index in [0.717, 1.165) is 31.4 Å². The fraction of sp³-hybridized carbons (Fsp3) is 0.625. The number of nitrogens with zero attached hydrogens (tertiary/aromatic N) is 1. The summed E-state index contributed by atoms with van der Waals surface area (Å²) in [5.74, 6) is 1.17. The number of benzene rings is 1. The van der Waals surface area contributed by atoms with Crippen LogP contribution in [-0.4, -0.2) is 32.4 Å². The van der Waals surface area contributed by atoms with E-state index >= 15 is 0 Å². The fourth-order valence-corrected chi connectivity index (χ4v) is 3.92. The second-order valence-electron chi connectivity index (χ2n) is 5.99. The summed E-state index contributed by atoms with van der Waals surface area (Å²) in [5, 5.41) is 0. The summed E-state index contributed by atoms with van der Waals surface area (Å²) in [5.41, 5.74) is 0. The van der Waals surface area contributed by atoms with E-state index in [1.54, 1.807) is 28.6 Å². The number of rotatable bonds is 5. The average Bonchev–Trinajstić information content (AvgIpc) is 2.75. The van der Waals surface area contributed by atoms with Gasteiger partial charge in [-0.3, -0.25) is 0 Å². The number of sulfonamides is 1. The molecule has 0 spiro atoms. The Morgan fingerprint density at radius 1 is 1.05 bits per heavy atom. The van der Waals surface area contributed by atoms with Crippen molar-refractivity contribution in [3.63, 3.8) is 0 Å². The Hall–Kier alpha value is -1.07. The topological polar surface area (TPSA) is 46.6 Å². The number of ether oxygens (including phenoxy) is 1. The van der Waals surface area contributed by atoms with Gasteiger partial charge in [-0.25, -0.2) is 8.42 Å². The van der Waals surface area contributed by atoms with Crippen LogP contribution in [0.1, 0.15) is 39.5 Å². The molecule has 0 amide bonds. The van der Waals surface area contributed by atoms with Crippen molar-refractivity contribution in [1.82, 2.24) is 4.31 Å². The summed E-state index contributed by atoms with van der Waals surface area (Å²) in [6.07, 6.45) is 4.14. The molecule has 1 aromatic rings. The van der Waals surface area contributed by atoms with Gasteiger partial charge in [0, 0.05) is 13.1 Å².